The zero-order chi connectivity index (χ0) is 12.0. The zero-order valence-electron chi connectivity index (χ0n) is 9.14. The molecule has 0 aliphatic heterocycles. The number of nitro benzene ring substituents is 1. The van der Waals surface area contributed by atoms with Crippen molar-refractivity contribution in [3.05, 3.63) is 40.0 Å². The SMILES string of the molecule is CNCCC=Cc1cc([N+](=O)[O-])ccc1N. The molecule has 1 aromatic carbocycles. The predicted octanol–water partition coefficient (Wildman–Crippen LogP) is 1.80. The minimum atomic E-state index is -0.426. The lowest BCUT2D eigenvalue weighted by Crippen LogP contribution is -2.05. The van der Waals surface area contributed by atoms with E-state index in [4.69, 9.17) is 5.73 Å². The molecule has 5 nitrogen and oxygen atoms in total. The van der Waals surface area contributed by atoms with E-state index in [0.29, 0.717) is 11.3 Å². The van der Waals surface area contributed by atoms with Crippen LogP contribution in [0, 0.1) is 10.1 Å². The molecule has 0 bridgehead atoms. The number of rotatable bonds is 5. The van der Waals surface area contributed by atoms with Crippen molar-refractivity contribution < 1.29 is 4.92 Å². The number of nitrogens with zero attached hydrogens (tertiary/aromatic N) is 1. The maximum atomic E-state index is 10.6. The molecule has 3 N–H and O–H groups in total. The Morgan fingerprint density at radius 2 is 2.31 bits per heavy atom. The molecule has 0 unspecified atom stereocenters. The molecule has 0 spiro atoms. The molecule has 1 aromatic rings. The molecular formula is C11H15N3O2. The fourth-order valence-corrected chi connectivity index (χ4v) is 1.26. The van der Waals surface area contributed by atoms with Crippen molar-refractivity contribution in [2.24, 2.45) is 0 Å². The first kappa shape index (κ1) is 12.2. The van der Waals surface area contributed by atoms with Gasteiger partial charge in [0.05, 0.1) is 4.92 Å². The van der Waals surface area contributed by atoms with Crippen molar-refractivity contribution in [3.63, 3.8) is 0 Å². The maximum Gasteiger partial charge on any atom is 0.270 e. The van der Waals surface area contributed by atoms with Gasteiger partial charge in [0.1, 0.15) is 0 Å². The first-order chi connectivity index (χ1) is 7.65. The third-order valence-electron chi connectivity index (χ3n) is 2.14. The highest BCUT2D eigenvalue weighted by molar-refractivity contribution is 5.67. The number of nitrogens with two attached hydrogens (primary N) is 1. The van der Waals surface area contributed by atoms with Crippen LogP contribution < -0.4 is 11.1 Å². The number of non-ortho nitro benzene ring substituents is 1. The second-order valence-electron chi connectivity index (χ2n) is 3.36. The number of nitrogen functional groups attached to an aromatic ring is 1. The summed E-state index contributed by atoms with van der Waals surface area (Å²) in [6.45, 7) is 0.866. The van der Waals surface area contributed by atoms with Gasteiger partial charge in [0.2, 0.25) is 0 Å². The van der Waals surface area contributed by atoms with Crippen LogP contribution in [0.3, 0.4) is 0 Å². The van der Waals surface area contributed by atoms with Gasteiger partial charge in [0, 0.05) is 23.4 Å². The summed E-state index contributed by atoms with van der Waals surface area (Å²) in [6.07, 6.45) is 4.60. The van der Waals surface area contributed by atoms with E-state index in [-0.39, 0.29) is 5.69 Å². The standard InChI is InChI=1S/C11H15N3O2/c1-13-7-3-2-4-9-8-10(14(15)16)5-6-11(9)12/h2,4-6,8,13H,3,7,12H2,1H3. The van der Waals surface area contributed by atoms with Gasteiger partial charge in [-0.1, -0.05) is 12.2 Å². The van der Waals surface area contributed by atoms with Crippen LogP contribution in [-0.4, -0.2) is 18.5 Å². The van der Waals surface area contributed by atoms with Crippen LogP contribution in [0.25, 0.3) is 6.08 Å². The Labute approximate surface area is 94.1 Å². The van der Waals surface area contributed by atoms with Crippen LogP contribution in [0.4, 0.5) is 11.4 Å². The predicted molar refractivity (Wildman–Crippen MR) is 65.1 cm³/mol. The fourth-order valence-electron chi connectivity index (χ4n) is 1.26. The highest BCUT2D eigenvalue weighted by Crippen LogP contribution is 2.20. The van der Waals surface area contributed by atoms with Gasteiger partial charge in [-0.3, -0.25) is 10.1 Å². The number of benzene rings is 1. The van der Waals surface area contributed by atoms with Crippen molar-refractivity contribution in [2.45, 2.75) is 6.42 Å². The van der Waals surface area contributed by atoms with Gasteiger partial charge in [0.25, 0.3) is 5.69 Å². The Balaban J connectivity index is 2.82. The Kier molecular flexibility index (Phi) is 4.47. The molecule has 0 heterocycles. The van der Waals surface area contributed by atoms with Gasteiger partial charge in [-0.25, -0.2) is 0 Å². The number of hydrogen-bond acceptors (Lipinski definition) is 4. The molecular weight excluding hydrogens is 206 g/mol. The lowest BCUT2D eigenvalue weighted by molar-refractivity contribution is -0.384. The van der Waals surface area contributed by atoms with Gasteiger partial charge < -0.3 is 11.1 Å². The number of anilines is 1. The summed E-state index contributed by atoms with van der Waals surface area (Å²) in [6, 6.07) is 4.43. The lowest BCUT2D eigenvalue weighted by Gasteiger charge is -2.00. The molecule has 0 atom stereocenters. The van der Waals surface area contributed by atoms with Crippen LogP contribution in [0.1, 0.15) is 12.0 Å². The minimum Gasteiger partial charge on any atom is -0.398 e. The average molecular weight is 221 g/mol. The third kappa shape index (κ3) is 3.36. The van der Waals surface area contributed by atoms with Gasteiger partial charge in [-0.05, 0) is 26.1 Å². The second-order valence-corrected chi connectivity index (χ2v) is 3.36. The van der Waals surface area contributed by atoms with E-state index in [1.165, 1.54) is 12.1 Å². The summed E-state index contributed by atoms with van der Waals surface area (Å²) in [5, 5.41) is 13.6. The molecule has 0 saturated carbocycles. The Morgan fingerprint density at radius 3 is 2.94 bits per heavy atom. The number of hydrogen-bond donors (Lipinski definition) is 2. The summed E-state index contributed by atoms with van der Waals surface area (Å²) in [5.41, 5.74) is 7.01. The molecule has 16 heavy (non-hydrogen) atoms. The molecule has 0 radical (unpaired) electrons. The third-order valence-corrected chi connectivity index (χ3v) is 2.14. The van der Waals surface area contributed by atoms with Crippen LogP contribution in [-0.2, 0) is 0 Å². The largest absolute Gasteiger partial charge is 0.398 e. The van der Waals surface area contributed by atoms with Gasteiger partial charge in [-0.2, -0.15) is 0 Å². The van der Waals surface area contributed by atoms with E-state index in [0.717, 1.165) is 13.0 Å². The van der Waals surface area contributed by atoms with Crippen molar-refractivity contribution in [3.8, 4) is 0 Å². The molecule has 5 heteroatoms. The van der Waals surface area contributed by atoms with E-state index in [2.05, 4.69) is 5.32 Å². The summed E-state index contributed by atoms with van der Waals surface area (Å²) in [5.74, 6) is 0. The molecule has 1 rings (SSSR count). The second kappa shape index (κ2) is 5.87. The average Bonchev–Trinajstić information content (AvgIpc) is 2.26. The van der Waals surface area contributed by atoms with Crippen LogP contribution in [0.2, 0.25) is 0 Å². The summed E-state index contributed by atoms with van der Waals surface area (Å²) < 4.78 is 0. The van der Waals surface area contributed by atoms with E-state index >= 15 is 0 Å². The molecule has 0 amide bonds. The van der Waals surface area contributed by atoms with Gasteiger partial charge in [-0.15, -0.1) is 0 Å². The van der Waals surface area contributed by atoms with Crippen molar-refractivity contribution in [2.75, 3.05) is 19.3 Å². The van der Waals surface area contributed by atoms with Crippen molar-refractivity contribution in [1.82, 2.24) is 5.32 Å². The molecule has 0 aliphatic carbocycles. The molecule has 0 fully saturated rings. The summed E-state index contributed by atoms with van der Waals surface area (Å²) in [7, 11) is 1.87. The van der Waals surface area contributed by atoms with Gasteiger partial charge >= 0.3 is 0 Å². The molecule has 0 aliphatic rings. The van der Waals surface area contributed by atoms with E-state index in [9.17, 15) is 10.1 Å². The highest BCUT2D eigenvalue weighted by Gasteiger charge is 2.06. The topological polar surface area (TPSA) is 81.2 Å². The van der Waals surface area contributed by atoms with E-state index < -0.39 is 4.92 Å². The normalized spacial score (nSPS) is 10.8. The van der Waals surface area contributed by atoms with Crippen LogP contribution in [0.15, 0.2) is 24.3 Å². The Morgan fingerprint density at radius 1 is 1.56 bits per heavy atom. The Hall–Kier alpha value is -1.88. The van der Waals surface area contributed by atoms with E-state index in [1.807, 2.05) is 13.1 Å². The maximum absolute atomic E-state index is 10.6. The summed E-state index contributed by atoms with van der Waals surface area (Å²) >= 11 is 0. The quantitative estimate of drug-likeness (QED) is 0.344. The first-order valence-electron chi connectivity index (χ1n) is 5.00. The Bertz CT molecular complexity index is 402. The number of nitrogens with one attached hydrogen (secondary N) is 1. The monoisotopic (exact) mass is 221 g/mol. The molecule has 86 valence electrons. The lowest BCUT2D eigenvalue weighted by atomic mass is 10.1. The molecule has 0 aromatic heterocycles. The van der Waals surface area contributed by atoms with Crippen molar-refractivity contribution >= 4 is 17.5 Å². The minimum absolute atomic E-state index is 0.0578. The van der Waals surface area contributed by atoms with Crippen LogP contribution in [0.5, 0.6) is 0 Å². The zero-order valence-corrected chi connectivity index (χ0v) is 9.14. The summed E-state index contributed by atoms with van der Waals surface area (Å²) in [4.78, 5) is 10.1. The smallest absolute Gasteiger partial charge is 0.270 e. The molecule has 0 saturated heterocycles. The highest BCUT2D eigenvalue weighted by atomic mass is 16.6. The van der Waals surface area contributed by atoms with Gasteiger partial charge in [0.15, 0.2) is 0 Å². The van der Waals surface area contributed by atoms with Crippen LogP contribution >= 0.6 is 0 Å². The number of nitro groups is 1. The first-order valence-corrected chi connectivity index (χ1v) is 5.00. The van der Waals surface area contributed by atoms with Crippen molar-refractivity contribution in [1.29, 1.82) is 0 Å². The van der Waals surface area contributed by atoms with E-state index in [1.54, 1.807) is 12.1 Å². The fraction of sp³-hybridized carbons (Fsp3) is 0.273.